The molecular formula is C18H19F4N5OS. The van der Waals surface area contributed by atoms with Gasteiger partial charge in [0.25, 0.3) is 0 Å². The van der Waals surface area contributed by atoms with E-state index in [9.17, 15) is 22.8 Å². The molecule has 0 aliphatic carbocycles. The van der Waals surface area contributed by atoms with Gasteiger partial charge in [-0.2, -0.15) is 23.5 Å². The number of thioether (sulfide) groups is 1. The number of hydrogen-bond donors (Lipinski definition) is 1. The van der Waals surface area contributed by atoms with Gasteiger partial charge in [0.05, 0.1) is 41.4 Å². The molecule has 0 radical (unpaired) electrons. The van der Waals surface area contributed by atoms with Crippen molar-refractivity contribution in [3.8, 4) is 6.07 Å². The van der Waals surface area contributed by atoms with Crippen molar-refractivity contribution >= 4 is 23.1 Å². The molecule has 2 fully saturated rings. The summed E-state index contributed by atoms with van der Waals surface area (Å²) in [7, 11) is 0. The molecular weight excluding hydrogens is 410 g/mol. The minimum atomic E-state index is -4.42. The van der Waals surface area contributed by atoms with Gasteiger partial charge in [-0.15, -0.1) is 0 Å². The number of nitrogens with one attached hydrogen (secondary N) is 1. The molecule has 2 aromatic rings. The molecule has 4 rings (SSSR count). The summed E-state index contributed by atoms with van der Waals surface area (Å²) in [6, 6.07) is 6.54. The van der Waals surface area contributed by atoms with E-state index < -0.39 is 23.3 Å². The van der Waals surface area contributed by atoms with Crippen LogP contribution in [0, 0.1) is 18.3 Å². The Balaban J connectivity index is 1.53. The lowest BCUT2D eigenvalue weighted by atomic mass is 9.92. The highest BCUT2D eigenvalue weighted by Crippen LogP contribution is 2.41. The fourth-order valence-corrected chi connectivity index (χ4v) is 4.45. The molecule has 0 aromatic carbocycles. The molecule has 29 heavy (non-hydrogen) atoms. The van der Waals surface area contributed by atoms with E-state index in [-0.39, 0.29) is 42.1 Å². The summed E-state index contributed by atoms with van der Waals surface area (Å²) in [5.74, 6) is 0.433. The summed E-state index contributed by atoms with van der Waals surface area (Å²) in [6.45, 7) is 2.69. The standard InChI is InChI=1S/C18H19F4N5OS/c1-11-16(29-18(20,21)22)14-3-2-4-15(27(14)25-11)24-13-5-6-26(7-12(13)19)17(8-23)9-28-10-17/h2-4,12-13,24H,5-7,9-10H2,1H3. The number of pyridine rings is 1. The Kier molecular flexibility index (Phi) is 5.13. The Morgan fingerprint density at radius 2 is 2.14 bits per heavy atom. The summed E-state index contributed by atoms with van der Waals surface area (Å²) in [5, 5.41) is 16.7. The molecule has 6 nitrogen and oxygen atoms in total. The Labute approximate surface area is 168 Å². The lowest BCUT2D eigenvalue weighted by Crippen LogP contribution is -2.65. The largest absolute Gasteiger partial charge is 0.446 e. The number of aromatic nitrogens is 2. The van der Waals surface area contributed by atoms with Crippen LogP contribution in [0.5, 0.6) is 0 Å². The Hall–Kier alpha value is -2.03. The van der Waals surface area contributed by atoms with Gasteiger partial charge in [0.1, 0.15) is 12.0 Å². The summed E-state index contributed by atoms with van der Waals surface area (Å²) in [5.41, 5.74) is -4.60. The Bertz CT molecular complexity index is 952. The second-order valence-corrected chi connectivity index (χ2v) is 8.38. The molecule has 0 amide bonds. The molecule has 4 heterocycles. The number of aryl methyl sites for hydroxylation is 1. The van der Waals surface area contributed by atoms with Gasteiger partial charge in [-0.1, -0.05) is 6.07 Å². The molecule has 11 heteroatoms. The third-order valence-corrected chi connectivity index (χ3v) is 6.30. The molecule has 2 unspecified atom stereocenters. The van der Waals surface area contributed by atoms with Gasteiger partial charge in [-0.25, -0.2) is 8.91 Å². The van der Waals surface area contributed by atoms with Gasteiger partial charge in [0.15, 0.2) is 5.54 Å². The lowest BCUT2D eigenvalue weighted by molar-refractivity contribution is -0.121. The number of piperidine rings is 1. The molecule has 1 N–H and O–H groups in total. The summed E-state index contributed by atoms with van der Waals surface area (Å²) < 4.78 is 60.0. The highest BCUT2D eigenvalue weighted by atomic mass is 32.2. The van der Waals surface area contributed by atoms with E-state index in [1.807, 2.05) is 4.90 Å². The van der Waals surface area contributed by atoms with Crippen molar-refractivity contribution < 1.29 is 22.3 Å². The maximum absolute atomic E-state index is 14.9. The molecule has 156 valence electrons. The first kappa shape index (κ1) is 20.3. The van der Waals surface area contributed by atoms with Crippen molar-refractivity contribution in [1.29, 1.82) is 5.26 Å². The number of anilines is 1. The van der Waals surface area contributed by atoms with Crippen LogP contribution >= 0.6 is 11.8 Å². The summed E-state index contributed by atoms with van der Waals surface area (Å²) in [6.07, 6.45) is -0.795. The van der Waals surface area contributed by atoms with Crippen LogP contribution in [0.1, 0.15) is 12.1 Å². The topological polar surface area (TPSA) is 65.6 Å². The van der Waals surface area contributed by atoms with E-state index in [4.69, 9.17) is 4.74 Å². The number of hydrogen-bond acceptors (Lipinski definition) is 6. The van der Waals surface area contributed by atoms with Gasteiger partial charge >= 0.3 is 5.51 Å². The van der Waals surface area contributed by atoms with Crippen molar-refractivity contribution in [2.45, 2.75) is 41.5 Å². The van der Waals surface area contributed by atoms with Gasteiger partial charge in [-0.3, -0.25) is 4.90 Å². The molecule has 2 aliphatic rings. The quantitative estimate of drug-likeness (QED) is 0.594. The second kappa shape index (κ2) is 7.34. The third kappa shape index (κ3) is 3.76. The molecule has 0 bridgehead atoms. The van der Waals surface area contributed by atoms with Crippen LogP contribution in [0.15, 0.2) is 23.1 Å². The minimum absolute atomic E-state index is 0.0358. The average molecular weight is 429 g/mol. The van der Waals surface area contributed by atoms with Crippen molar-refractivity contribution in [3.05, 3.63) is 23.9 Å². The third-order valence-electron chi connectivity index (χ3n) is 5.36. The molecule has 2 aliphatic heterocycles. The van der Waals surface area contributed by atoms with Crippen molar-refractivity contribution in [2.24, 2.45) is 0 Å². The van der Waals surface area contributed by atoms with E-state index in [0.29, 0.717) is 24.3 Å². The zero-order valence-corrected chi connectivity index (χ0v) is 16.4. The first-order chi connectivity index (χ1) is 13.7. The minimum Gasteiger partial charge on any atom is -0.375 e. The number of nitriles is 1. The van der Waals surface area contributed by atoms with Gasteiger partial charge in [0, 0.05) is 13.1 Å². The number of rotatable bonds is 4. The number of alkyl halides is 4. The number of fused-ring (bicyclic) bond motifs is 1. The van der Waals surface area contributed by atoms with Gasteiger partial charge < -0.3 is 10.1 Å². The van der Waals surface area contributed by atoms with E-state index in [2.05, 4.69) is 16.5 Å². The van der Waals surface area contributed by atoms with E-state index in [0.717, 1.165) is 0 Å². The van der Waals surface area contributed by atoms with E-state index >= 15 is 0 Å². The molecule has 2 atom stereocenters. The van der Waals surface area contributed by atoms with Gasteiger partial charge in [-0.05, 0) is 37.2 Å². The first-order valence-electron chi connectivity index (χ1n) is 9.11. The van der Waals surface area contributed by atoms with Crippen LogP contribution in [-0.4, -0.2) is 64.1 Å². The number of ether oxygens (including phenoxy) is 1. The highest BCUT2D eigenvalue weighted by Gasteiger charge is 2.47. The maximum Gasteiger partial charge on any atom is 0.446 e. The average Bonchev–Trinajstić information content (AvgIpc) is 2.92. The summed E-state index contributed by atoms with van der Waals surface area (Å²) >= 11 is -0.201. The van der Waals surface area contributed by atoms with E-state index in [1.54, 1.807) is 18.2 Å². The Morgan fingerprint density at radius 1 is 1.38 bits per heavy atom. The van der Waals surface area contributed by atoms with Crippen LogP contribution in [0.4, 0.5) is 23.4 Å². The van der Waals surface area contributed by atoms with Crippen LogP contribution < -0.4 is 5.32 Å². The number of nitrogens with zero attached hydrogens (tertiary/aromatic N) is 4. The van der Waals surface area contributed by atoms with Crippen LogP contribution in [-0.2, 0) is 4.74 Å². The van der Waals surface area contributed by atoms with Crippen molar-refractivity contribution in [2.75, 3.05) is 31.6 Å². The summed E-state index contributed by atoms with van der Waals surface area (Å²) in [4.78, 5) is 1.85. The van der Waals surface area contributed by atoms with E-state index in [1.165, 1.54) is 11.4 Å². The molecule has 2 aromatic heterocycles. The van der Waals surface area contributed by atoms with Crippen LogP contribution in [0.25, 0.3) is 5.52 Å². The lowest BCUT2D eigenvalue weighted by Gasteiger charge is -2.48. The maximum atomic E-state index is 14.9. The van der Waals surface area contributed by atoms with Crippen LogP contribution in [0.3, 0.4) is 0 Å². The normalized spacial score (nSPS) is 24.8. The smallest absolute Gasteiger partial charge is 0.375 e. The van der Waals surface area contributed by atoms with Crippen molar-refractivity contribution in [1.82, 2.24) is 14.5 Å². The van der Waals surface area contributed by atoms with Crippen LogP contribution in [0.2, 0.25) is 0 Å². The number of halogens is 4. The van der Waals surface area contributed by atoms with Crippen molar-refractivity contribution in [3.63, 3.8) is 0 Å². The fourth-order valence-electron chi connectivity index (χ4n) is 3.77. The SMILES string of the molecule is Cc1nn2c(NC3CCN(C4(C#N)COC4)CC3F)cccc2c1SC(F)(F)F. The predicted molar refractivity (Wildman–Crippen MR) is 99.5 cm³/mol. The molecule has 0 saturated carbocycles. The Morgan fingerprint density at radius 3 is 2.72 bits per heavy atom. The predicted octanol–water partition coefficient (Wildman–Crippen LogP) is 3.37. The van der Waals surface area contributed by atoms with Gasteiger partial charge in [0.2, 0.25) is 0 Å². The monoisotopic (exact) mass is 429 g/mol. The highest BCUT2D eigenvalue weighted by molar-refractivity contribution is 8.00. The fraction of sp³-hybridized carbons (Fsp3) is 0.556. The molecule has 0 spiro atoms. The zero-order chi connectivity index (χ0) is 20.8. The number of likely N-dealkylation sites (tertiary alicyclic amines) is 1. The molecule has 2 saturated heterocycles. The second-order valence-electron chi connectivity index (χ2n) is 7.31. The first-order valence-corrected chi connectivity index (χ1v) is 9.93. The zero-order valence-electron chi connectivity index (χ0n) is 15.5.